The maximum absolute atomic E-state index is 11.7. The molecule has 0 bridgehead atoms. The highest BCUT2D eigenvalue weighted by molar-refractivity contribution is 7.20. The van der Waals surface area contributed by atoms with Crippen molar-refractivity contribution in [1.29, 1.82) is 0 Å². The van der Waals surface area contributed by atoms with Crippen molar-refractivity contribution < 1.29 is 9.90 Å². The average molecular weight is 240 g/mol. The molecule has 5 heteroatoms. The van der Waals surface area contributed by atoms with Gasteiger partial charge in [0.1, 0.15) is 4.88 Å². The van der Waals surface area contributed by atoms with Crippen LogP contribution in [0.1, 0.15) is 20.1 Å². The van der Waals surface area contributed by atoms with E-state index < -0.39 is 5.97 Å². The van der Waals surface area contributed by atoms with Gasteiger partial charge in [0.15, 0.2) is 0 Å². The van der Waals surface area contributed by atoms with Crippen LogP contribution >= 0.6 is 22.7 Å². The van der Waals surface area contributed by atoms with Gasteiger partial charge in [-0.3, -0.25) is 4.79 Å². The van der Waals surface area contributed by atoms with Crippen LogP contribution in [0.2, 0.25) is 0 Å². The molecule has 2 rings (SSSR count). The summed E-state index contributed by atoms with van der Waals surface area (Å²) in [6.07, 6.45) is 0. The lowest BCUT2D eigenvalue weighted by atomic mass is 10.2. The van der Waals surface area contributed by atoms with Crippen molar-refractivity contribution in [3.05, 3.63) is 30.9 Å². The minimum atomic E-state index is -1.04. The highest BCUT2D eigenvalue weighted by atomic mass is 32.1. The van der Waals surface area contributed by atoms with Gasteiger partial charge in [0.2, 0.25) is 4.74 Å². The van der Waals surface area contributed by atoms with Crippen LogP contribution in [0, 0.1) is 13.8 Å². The summed E-state index contributed by atoms with van der Waals surface area (Å²) in [4.78, 5) is 23.6. The number of aromatic carboxylic acids is 1. The van der Waals surface area contributed by atoms with Gasteiger partial charge in [-0.15, -0.1) is 11.3 Å². The van der Waals surface area contributed by atoms with E-state index in [1.54, 1.807) is 6.07 Å². The summed E-state index contributed by atoms with van der Waals surface area (Å²) < 4.78 is 0.609. The van der Waals surface area contributed by atoms with Gasteiger partial charge >= 0.3 is 5.97 Å². The molecule has 3 nitrogen and oxygen atoms in total. The molecule has 1 N–H and O–H groups in total. The van der Waals surface area contributed by atoms with Crippen molar-refractivity contribution in [2.75, 3.05) is 0 Å². The largest absolute Gasteiger partial charge is 0.477 e. The maximum Gasteiger partial charge on any atom is 0.346 e. The Kier molecular flexibility index (Phi) is 2.36. The van der Waals surface area contributed by atoms with Crippen LogP contribution in [-0.2, 0) is 0 Å². The van der Waals surface area contributed by atoms with Gasteiger partial charge in [-0.05, 0) is 25.5 Å². The standard InChI is InChI=1S/C10H8O3S2/c1-4-5(2)14-6-3-7(9(11)12)15-10(13)8(4)6/h3H,1-2H3,(H,11,12). The Morgan fingerprint density at radius 3 is 2.60 bits per heavy atom. The Labute approximate surface area is 93.6 Å². The first-order chi connectivity index (χ1) is 7.00. The zero-order valence-electron chi connectivity index (χ0n) is 8.16. The van der Waals surface area contributed by atoms with E-state index in [9.17, 15) is 9.59 Å². The van der Waals surface area contributed by atoms with Gasteiger partial charge in [0.25, 0.3) is 0 Å². The lowest BCUT2D eigenvalue weighted by Crippen LogP contribution is -2.01. The molecule has 2 aromatic rings. The summed E-state index contributed by atoms with van der Waals surface area (Å²) in [6, 6.07) is 1.58. The van der Waals surface area contributed by atoms with Crippen LogP contribution in [0.4, 0.5) is 0 Å². The van der Waals surface area contributed by atoms with Gasteiger partial charge in [-0.1, -0.05) is 11.3 Å². The molecular formula is C10H8O3S2. The molecule has 15 heavy (non-hydrogen) atoms. The summed E-state index contributed by atoms with van der Waals surface area (Å²) in [5.74, 6) is -1.04. The summed E-state index contributed by atoms with van der Waals surface area (Å²) in [5.41, 5.74) is 0.966. The Bertz CT molecular complexity index is 607. The summed E-state index contributed by atoms with van der Waals surface area (Å²) in [6.45, 7) is 3.83. The Morgan fingerprint density at radius 1 is 1.33 bits per heavy atom. The summed E-state index contributed by atoms with van der Waals surface area (Å²) in [7, 11) is 0. The molecule has 2 heterocycles. The molecule has 78 valence electrons. The van der Waals surface area contributed by atoms with Crippen molar-refractivity contribution in [3.8, 4) is 0 Å². The molecule has 0 aliphatic carbocycles. The monoisotopic (exact) mass is 240 g/mol. The van der Waals surface area contributed by atoms with Crippen molar-refractivity contribution in [1.82, 2.24) is 0 Å². The van der Waals surface area contributed by atoms with Crippen LogP contribution in [0.5, 0.6) is 0 Å². The molecule has 0 aromatic carbocycles. The number of carboxylic acid groups (broad SMARTS) is 1. The molecule has 0 fully saturated rings. The van der Waals surface area contributed by atoms with E-state index in [1.807, 2.05) is 13.8 Å². The second-order valence-electron chi connectivity index (χ2n) is 3.23. The van der Waals surface area contributed by atoms with E-state index in [4.69, 9.17) is 5.11 Å². The molecule has 0 radical (unpaired) electrons. The van der Waals surface area contributed by atoms with Crippen molar-refractivity contribution in [2.24, 2.45) is 0 Å². The smallest absolute Gasteiger partial charge is 0.346 e. The Hall–Kier alpha value is -1.20. The van der Waals surface area contributed by atoms with Crippen molar-refractivity contribution in [3.63, 3.8) is 0 Å². The summed E-state index contributed by atoms with van der Waals surface area (Å²) in [5, 5.41) is 9.49. The van der Waals surface area contributed by atoms with Crippen LogP contribution in [-0.4, -0.2) is 11.1 Å². The number of rotatable bonds is 1. The minimum Gasteiger partial charge on any atom is -0.477 e. The molecule has 0 amide bonds. The number of carboxylic acids is 1. The molecule has 2 aromatic heterocycles. The Balaban J connectivity index is 2.90. The van der Waals surface area contributed by atoms with E-state index in [-0.39, 0.29) is 9.62 Å². The average Bonchev–Trinajstić information content (AvgIpc) is 2.42. The van der Waals surface area contributed by atoms with E-state index >= 15 is 0 Å². The number of fused-ring (bicyclic) bond motifs is 1. The Morgan fingerprint density at radius 2 is 2.00 bits per heavy atom. The van der Waals surface area contributed by atoms with E-state index in [0.717, 1.165) is 26.5 Å². The van der Waals surface area contributed by atoms with Gasteiger partial charge < -0.3 is 5.11 Å². The molecule has 0 aliphatic heterocycles. The first-order valence-electron chi connectivity index (χ1n) is 4.28. The number of aryl methyl sites for hydroxylation is 2. The lowest BCUT2D eigenvalue weighted by molar-refractivity contribution is 0.0702. The molecule has 0 atom stereocenters. The lowest BCUT2D eigenvalue weighted by Gasteiger charge is -1.93. The number of hydrogen-bond donors (Lipinski definition) is 1. The molecule has 0 spiro atoms. The topological polar surface area (TPSA) is 54.4 Å². The predicted molar refractivity (Wildman–Crippen MR) is 62.4 cm³/mol. The third-order valence-corrected chi connectivity index (χ3v) is 4.35. The third kappa shape index (κ3) is 1.57. The van der Waals surface area contributed by atoms with Gasteiger partial charge in [-0.25, -0.2) is 4.79 Å². The zero-order valence-corrected chi connectivity index (χ0v) is 9.79. The predicted octanol–water partition coefficient (Wildman–Crippen LogP) is 2.64. The number of carbonyl (C=O) groups is 1. The van der Waals surface area contributed by atoms with Gasteiger partial charge in [0, 0.05) is 9.58 Å². The first-order valence-corrected chi connectivity index (χ1v) is 5.91. The molecular weight excluding hydrogens is 232 g/mol. The first kappa shape index (κ1) is 10.3. The molecule has 0 saturated heterocycles. The number of thiophene rings is 1. The van der Waals surface area contributed by atoms with E-state index in [1.165, 1.54) is 11.3 Å². The second kappa shape index (κ2) is 3.43. The third-order valence-electron chi connectivity index (χ3n) is 2.29. The highest BCUT2D eigenvalue weighted by Gasteiger charge is 2.13. The highest BCUT2D eigenvalue weighted by Crippen LogP contribution is 2.29. The molecule has 0 aliphatic rings. The molecule has 0 saturated carbocycles. The quantitative estimate of drug-likeness (QED) is 0.833. The minimum absolute atomic E-state index is 0.105. The fraction of sp³-hybridized carbons (Fsp3) is 0.200. The van der Waals surface area contributed by atoms with E-state index in [0.29, 0.717) is 5.39 Å². The van der Waals surface area contributed by atoms with Gasteiger partial charge in [-0.2, -0.15) is 0 Å². The normalized spacial score (nSPS) is 10.8. The zero-order chi connectivity index (χ0) is 11.2. The summed E-state index contributed by atoms with van der Waals surface area (Å²) >= 11 is 2.26. The van der Waals surface area contributed by atoms with Crippen molar-refractivity contribution in [2.45, 2.75) is 13.8 Å². The fourth-order valence-electron chi connectivity index (χ4n) is 1.41. The number of hydrogen-bond acceptors (Lipinski definition) is 4. The van der Waals surface area contributed by atoms with Crippen LogP contribution in [0.15, 0.2) is 10.9 Å². The SMILES string of the molecule is Cc1sc2cc(C(=O)O)sc(=O)c2c1C. The van der Waals surface area contributed by atoms with Crippen LogP contribution < -0.4 is 4.74 Å². The van der Waals surface area contributed by atoms with Crippen molar-refractivity contribution >= 4 is 38.7 Å². The van der Waals surface area contributed by atoms with Gasteiger partial charge in [0.05, 0.1) is 5.39 Å². The van der Waals surface area contributed by atoms with E-state index in [2.05, 4.69) is 0 Å². The fourth-order valence-corrected chi connectivity index (χ4v) is 3.49. The van der Waals surface area contributed by atoms with Crippen LogP contribution in [0.25, 0.3) is 10.1 Å². The van der Waals surface area contributed by atoms with Crippen LogP contribution in [0.3, 0.4) is 0 Å². The second-order valence-corrected chi connectivity index (χ2v) is 5.50. The molecule has 0 unspecified atom stereocenters. The maximum atomic E-state index is 11.7.